The van der Waals surface area contributed by atoms with Gasteiger partial charge in [0.2, 0.25) is 10.0 Å². The van der Waals surface area contributed by atoms with Gasteiger partial charge in [0.1, 0.15) is 11.9 Å². The molecule has 0 radical (unpaired) electrons. The van der Waals surface area contributed by atoms with Gasteiger partial charge in [-0.1, -0.05) is 12.1 Å². The van der Waals surface area contributed by atoms with E-state index in [1.807, 2.05) is 31.2 Å². The number of pyridine rings is 1. The Morgan fingerprint density at radius 3 is 2.46 bits per heavy atom. The summed E-state index contributed by atoms with van der Waals surface area (Å²) in [6.07, 6.45) is 0.988. The fraction of sp³-hybridized carbons (Fsp3) is 0.240. The Labute approximate surface area is 220 Å². The molecule has 5 rings (SSSR count). The SMILES string of the molecule is Cc1[nH]nc2nc(-c3ccc(NS(C)(=O)=O)cc3F)c(C#N)c(-c3ccc(N4CCNCC4)cc3)c12.Cl. The maximum Gasteiger partial charge on any atom is 0.229 e. The number of hydrogen-bond acceptors (Lipinski definition) is 7. The molecule has 0 saturated carbocycles. The second kappa shape index (κ2) is 10.3. The smallest absolute Gasteiger partial charge is 0.229 e. The molecule has 2 aromatic heterocycles. The molecule has 0 spiro atoms. The van der Waals surface area contributed by atoms with Crippen molar-refractivity contribution in [2.45, 2.75) is 6.92 Å². The highest BCUT2D eigenvalue weighted by Gasteiger charge is 2.23. The fourth-order valence-electron chi connectivity index (χ4n) is 4.54. The Bertz CT molecular complexity index is 1610. The second-order valence-electron chi connectivity index (χ2n) is 8.72. The van der Waals surface area contributed by atoms with Crippen LogP contribution in [0.2, 0.25) is 0 Å². The minimum atomic E-state index is -3.57. The quantitative estimate of drug-likeness (QED) is 0.350. The van der Waals surface area contributed by atoms with Gasteiger partial charge in [0, 0.05) is 48.7 Å². The molecule has 0 amide bonds. The Balaban J connectivity index is 0.00000320. The van der Waals surface area contributed by atoms with Crippen molar-refractivity contribution in [2.75, 3.05) is 42.1 Å². The number of rotatable bonds is 5. The normalized spacial score (nSPS) is 13.7. The summed E-state index contributed by atoms with van der Waals surface area (Å²) in [5, 5.41) is 21.5. The summed E-state index contributed by atoms with van der Waals surface area (Å²) in [6, 6.07) is 14.1. The molecule has 0 bridgehead atoms. The van der Waals surface area contributed by atoms with Crippen LogP contribution in [-0.2, 0) is 10.0 Å². The minimum Gasteiger partial charge on any atom is -0.369 e. The van der Waals surface area contributed by atoms with Crippen LogP contribution in [0, 0.1) is 24.1 Å². The van der Waals surface area contributed by atoms with Crippen molar-refractivity contribution in [1.82, 2.24) is 20.5 Å². The molecule has 4 aromatic rings. The molecule has 12 heteroatoms. The lowest BCUT2D eigenvalue weighted by molar-refractivity contribution is 0.589. The molecular weight excluding hydrogens is 517 g/mol. The summed E-state index contributed by atoms with van der Waals surface area (Å²) in [5.74, 6) is -0.709. The first-order chi connectivity index (χ1) is 17.2. The topological polar surface area (TPSA) is 127 Å². The van der Waals surface area contributed by atoms with E-state index in [0.29, 0.717) is 16.6 Å². The minimum absolute atomic E-state index is 0. The zero-order valence-electron chi connectivity index (χ0n) is 20.2. The van der Waals surface area contributed by atoms with Crippen LogP contribution in [0.25, 0.3) is 33.4 Å². The third-order valence-corrected chi connectivity index (χ3v) is 6.77. The number of aryl methyl sites for hydroxylation is 1. The maximum absolute atomic E-state index is 15.2. The van der Waals surface area contributed by atoms with Crippen LogP contribution in [0.4, 0.5) is 15.8 Å². The van der Waals surface area contributed by atoms with Gasteiger partial charge in [0.05, 0.1) is 28.6 Å². The molecule has 37 heavy (non-hydrogen) atoms. The van der Waals surface area contributed by atoms with Crippen molar-refractivity contribution in [3.8, 4) is 28.5 Å². The van der Waals surface area contributed by atoms with Crippen LogP contribution in [-0.4, -0.2) is 56.0 Å². The summed E-state index contributed by atoms with van der Waals surface area (Å²) in [6.45, 7) is 5.52. The van der Waals surface area contributed by atoms with Crippen molar-refractivity contribution < 1.29 is 12.8 Å². The Kier molecular flexibility index (Phi) is 7.36. The number of nitrogens with zero attached hydrogens (tertiary/aromatic N) is 4. The van der Waals surface area contributed by atoms with Gasteiger partial charge in [0.15, 0.2) is 5.65 Å². The number of benzene rings is 2. The number of nitrogens with one attached hydrogen (secondary N) is 3. The molecule has 1 saturated heterocycles. The molecule has 0 atom stereocenters. The third kappa shape index (κ3) is 5.22. The van der Waals surface area contributed by atoms with Crippen molar-refractivity contribution in [2.24, 2.45) is 0 Å². The zero-order valence-corrected chi connectivity index (χ0v) is 21.8. The van der Waals surface area contributed by atoms with E-state index in [0.717, 1.165) is 55.4 Å². The molecule has 0 unspecified atom stereocenters. The van der Waals surface area contributed by atoms with Crippen LogP contribution < -0.4 is 14.9 Å². The molecule has 1 fully saturated rings. The summed E-state index contributed by atoms with van der Waals surface area (Å²) < 4.78 is 40.5. The monoisotopic (exact) mass is 541 g/mol. The number of H-pyrrole nitrogens is 1. The Morgan fingerprint density at radius 2 is 1.84 bits per heavy atom. The lowest BCUT2D eigenvalue weighted by atomic mass is 9.93. The van der Waals surface area contributed by atoms with E-state index in [4.69, 9.17) is 0 Å². The number of aromatic nitrogens is 3. The first-order valence-corrected chi connectivity index (χ1v) is 13.3. The zero-order chi connectivity index (χ0) is 25.4. The number of piperazine rings is 1. The maximum atomic E-state index is 15.2. The van der Waals surface area contributed by atoms with Crippen LogP contribution in [0.1, 0.15) is 11.3 Å². The number of fused-ring (bicyclic) bond motifs is 1. The molecule has 2 aromatic carbocycles. The van der Waals surface area contributed by atoms with Gasteiger partial charge in [-0.15, -0.1) is 12.4 Å². The summed E-state index contributed by atoms with van der Waals surface area (Å²) in [5.41, 5.74) is 4.12. The van der Waals surface area contributed by atoms with Gasteiger partial charge in [-0.2, -0.15) is 10.4 Å². The standard InChI is InChI=1S/C25H24FN7O2S.ClH/c1-15-22-23(16-3-6-18(7-4-16)33-11-9-28-10-12-33)20(14-27)24(29-25(22)31-30-15)19-8-5-17(13-21(19)26)32-36(2,34)35;/h3-8,13,28,32H,9-12H2,1-2H3,(H,29,30,31);1H. The lowest BCUT2D eigenvalue weighted by Crippen LogP contribution is -2.43. The number of hydrogen-bond donors (Lipinski definition) is 3. The first kappa shape index (κ1) is 26.3. The molecule has 9 nitrogen and oxygen atoms in total. The van der Waals surface area contributed by atoms with Crippen molar-refractivity contribution in [3.63, 3.8) is 0 Å². The molecule has 1 aliphatic heterocycles. The predicted molar refractivity (Wildman–Crippen MR) is 145 cm³/mol. The molecule has 3 heterocycles. The highest BCUT2D eigenvalue weighted by atomic mass is 35.5. The average Bonchev–Trinajstić information content (AvgIpc) is 3.23. The van der Waals surface area contributed by atoms with E-state index in [1.54, 1.807) is 0 Å². The highest BCUT2D eigenvalue weighted by Crippen LogP contribution is 2.39. The van der Waals surface area contributed by atoms with Crippen LogP contribution >= 0.6 is 12.4 Å². The number of halogens is 2. The van der Waals surface area contributed by atoms with Gasteiger partial charge >= 0.3 is 0 Å². The van der Waals surface area contributed by atoms with E-state index in [1.165, 1.54) is 12.1 Å². The van der Waals surface area contributed by atoms with Gasteiger partial charge in [0.25, 0.3) is 0 Å². The van der Waals surface area contributed by atoms with Crippen molar-refractivity contribution in [1.29, 1.82) is 5.26 Å². The van der Waals surface area contributed by atoms with Gasteiger partial charge in [-0.25, -0.2) is 17.8 Å². The van der Waals surface area contributed by atoms with E-state index in [2.05, 4.69) is 36.2 Å². The van der Waals surface area contributed by atoms with E-state index in [-0.39, 0.29) is 34.9 Å². The van der Waals surface area contributed by atoms with Crippen LogP contribution in [0.3, 0.4) is 0 Å². The first-order valence-electron chi connectivity index (χ1n) is 11.4. The van der Waals surface area contributed by atoms with Crippen molar-refractivity contribution >= 4 is 44.8 Å². The van der Waals surface area contributed by atoms with Crippen LogP contribution in [0.5, 0.6) is 0 Å². The molecule has 192 valence electrons. The van der Waals surface area contributed by atoms with E-state index < -0.39 is 15.8 Å². The fourth-order valence-corrected chi connectivity index (χ4v) is 5.10. The number of aromatic amines is 1. The molecule has 0 aliphatic carbocycles. The summed E-state index contributed by atoms with van der Waals surface area (Å²) in [7, 11) is -3.57. The van der Waals surface area contributed by atoms with Gasteiger partial charge in [-0.3, -0.25) is 9.82 Å². The number of anilines is 2. The van der Waals surface area contributed by atoms with E-state index >= 15 is 4.39 Å². The average molecular weight is 542 g/mol. The van der Waals surface area contributed by atoms with Crippen molar-refractivity contribution in [3.05, 3.63) is 59.5 Å². The van der Waals surface area contributed by atoms with E-state index in [9.17, 15) is 13.7 Å². The molecule has 1 aliphatic rings. The van der Waals surface area contributed by atoms with Gasteiger partial charge in [-0.05, 0) is 42.8 Å². The van der Waals surface area contributed by atoms with Crippen LogP contribution in [0.15, 0.2) is 42.5 Å². The lowest BCUT2D eigenvalue weighted by Gasteiger charge is -2.29. The number of sulfonamides is 1. The Hall–Kier alpha value is -3.72. The number of nitriles is 1. The third-order valence-electron chi connectivity index (χ3n) is 6.16. The summed E-state index contributed by atoms with van der Waals surface area (Å²) in [4.78, 5) is 6.82. The highest BCUT2D eigenvalue weighted by molar-refractivity contribution is 7.92. The Morgan fingerprint density at radius 1 is 1.14 bits per heavy atom. The molecular formula is C25H25ClFN7O2S. The molecule has 3 N–H and O–H groups in total. The summed E-state index contributed by atoms with van der Waals surface area (Å²) >= 11 is 0. The predicted octanol–water partition coefficient (Wildman–Crippen LogP) is 3.81. The van der Waals surface area contributed by atoms with Gasteiger partial charge < -0.3 is 10.2 Å². The second-order valence-corrected chi connectivity index (χ2v) is 10.5. The largest absolute Gasteiger partial charge is 0.369 e.